The average molecular weight is 327 g/mol. The summed E-state index contributed by atoms with van der Waals surface area (Å²) in [5, 5.41) is 5.15. The largest absolute Gasteiger partial charge is 0.314 e. The van der Waals surface area contributed by atoms with Crippen molar-refractivity contribution in [3.05, 3.63) is 33.8 Å². The molecule has 0 radical (unpaired) electrons. The van der Waals surface area contributed by atoms with Crippen molar-refractivity contribution in [2.75, 3.05) is 13.1 Å². The van der Waals surface area contributed by atoms with Gasteiger partial charge in [0.05, 0.1) is 0 Å². The molecule has 0 aromatic heterocycles. The van der Waals surface area contributed by atoms with Crippen LogP contribution in [0.15, 0.2) is 18.2 Å². The van der Waals surface area contributed by atoms with E-state index in [0.29, 0.717) is 0 Å². The van der Waals surface area contributed by atoms with Crippen LogP contribution in [0.25, 0.3) is 0 Å². The summed E-state index contributed by atoms with van der Waals surface area (Å²) in [6, 6.07) is 8.11. The third-order valence-electron chi connectivity index (χ3n) is 5.03. The Balaban J connectivity index is 1.59. The van der Waals surface area contributed by atoms with Crippen molar-refractivity contribution in [3.8, 4) is 0 Å². The van der Waals surface area contributed by atoms with Gasteiger partial charge >= 0.3 is 0 Å². The van der Waals surface area contributed by atoms with E-state index >= 15 is 0 Å². The molecule has 21 heavy (non-hydrogen) atoms. The Morgan fingerprint density at radius 1 is 1.19 bits per heavy atom. The lowest BCUT2D eigenvalue weighted by atomic mass is 9.96. The molecule has 116 valence electrons. The molecule has 2 unspecified atom stereocenters. The second kappa shape index (κ2) is 6.87. The Hall–Kier alpha value is -0.280. The predicted octanol–water partition coefficient (Wildman–Crippen LogP) is 4.14. The number of rotatable bonds is 5. The van der Waals surface area contributed by atoms with Gasteiger partial charge in [0.2, 0.25) is 0 Å². The van der Waals surface area contributed by atoms with E-state index in [4.69, 9.17) is 23.2 Å². The van der Waals surface area contributed by atoms with Crippen molar-refractivity contribution in [3.63, 3.8) is 0 Å². The topological polar surface area (TPSA) is 15.3 Å². The third-order valence-corrected chi connectivity index (χ3v) is 5.62. The van der Waals surface area contributed by atoms with Crippen LogP contribution >= 0.6 is 23.2 Å². The van der Waals surface area contributed by atoms with Gasteiger partial charge in [0.15, 0.2) is 0 Å². The zero-order valence-electron chi connectivity index (χ0n) is 12.6. The fourth-order valence-electron chi connectivity index (χ4n) is 4.07. The number of hydrogen-bond acceptors (Lipinski definition) is 2. The number of nitrogens with one attached hydrogen (secondary N) is 1. The maximum Gasteiger partial charge on any atom is 0.0453 e. The quantitative estimate of drug-likeness (QED) is 0.874. The van der Waals surface area contributed by atoms with Crippen molar-refractivity contribution >= 4 is 23.2 Å². The van der Waals surface area contributed by atoms with E-state index in [0.717, 1.165) is 47.7 Å². The molecule has 0 amide bonds. The molecule has 1 aromatic rings. The normalized spacial score (nSPS) is 29.0. The Labute approximate surface area is 137 Å². The van der Waals surface area contributed by atoms with Crippen LogP contribution in [0.3, 0.4) is 0 Å². The summed E-state index contributed by atoms with van der Waals surface area (Å²) >= 11 is 12.3. The molecular formula is C17H24Cl2N2. The van der Waals surface area contributed by atoms with E-state index < -0.39 is 0 Å². The summed E-state index contributed by atoms with van der Waals surface area (Å²) in [4.78, 5) is 2.72. The van der Waals surface area contributed by atoms with E-state index in [2.05, 4.69) is 23.2 Å². The maximum absolute atomic E-state index is 6.29. The minimum absolute atomic E-state index is 0.718. The average Bonchev–Trinajstić information content (AvgIpc) is 2.68. The molecule has 2 fully saturated rings. The van der Waals surface area contributed by atoms with Crippen molar-refractivity contribution in [2.24, 2.45) is 0 Å². The first-order valence-corrected chi connectivity index (χ1v) is 8.86. The lowest BCUT2D eigenvalue weighted by molar-refractivity contribution is 0.119. The molecule has 1 N–H and O–H groups in total. The highest BCUT2D eigenvalue weighted by Gasteiger charge is 2.39. The van der Waals surface area contributed by atoms with Crippen LogP contribution in [0.4, 0.5) is 0 Å². The summed E-state index contributed by atoms with van der Waals surface area (Å²) in [7, 11) is 0. The number of hydrogen-bond donors (Lipinski definition) is 1. The fraction of sp³-hybridized carbons (Fsp3) is 0.647. The van der Waals surface area contributed by atoms with Crippen molar-refractivity contribution in [1.82, 2.24) is 10.2 Å². The van der Waals surface area contributed by atoms with Gasteiger partial charge in [0.1, 0.15) is 0 Å². The molecule has 2 heterocycles. The minimum Gasteiger partial charge on any atom is -0.314 e. The molecule has 2 saturated heterocycles. The first-order valence-electron chi connectivity index (χ1n) is 8.10. The molecular weight excluding hydrogens is 303 g/mol. The summed E-state index contributed by atoms with van der Waals surface area (Å²) in [5.41, 5.74) is 1.22. The van der Waals surface area contributed by atoms with Crippen LogP contribution in [0, 0.1) is 0 Å². The smallest absolute Gasteiger partial charge is 0.0453 e. The van der Waals surface area contributed by atoms with Gasteiger partial charge in [-0.25, -0.2) is 0 Å². The van der Waals surface area contributed by atoms with E-state index in [1.54, 1.807) is 0 Å². The standard InChI is InChI=1S/C17H24Cl2N2/c1-2-20-14-10-15-5-6-16(11-14)21(15)8-7-12-3-4-13(18)9-17(12)19/h3-4,9,14-16,20H,2,5-8,10-11H2,1H3. The lowest BCUT2D eigenvalue weighted by Crippen LogP contribution is -2.49. The molecule has 0 saturated carbocycles. The molecule has 0 spiro atoms. The van der Waals surface area contributed by atoms with Gasteiger partial charge < -0.3 is 5.32 Å². The predicted molar refractivity (Wildman–Crippen MR) is 90.4 cm³/mol. The van der Waals surface area contributed by atoms with E-state index in [1.807, 2.05) is 12.1 Å². The van der Waals surface area contributed by atoms with E-state index in [1.165, 1.54) is 31.2 Å². The Bertz CT molecular complexity index is 478. The molecule has 1 aromatic carbocycles. The minimum atomic E-state index is 0.718. The first kappa shape index (κ1) is 15.6. The Morgan fingerprint density at radius 3 is 2.52 bits per heavy atom. The molecule has 4 heteroatoms. The number of benzene rings is 1. The second-order valence-corrected chi connectivity index (χ2v) is 7.18. The first-order chi connectivity index (χ1) is 10.2. The van der Waals surface area contributed by atoms with Crippen LogP contribution in [0.1, 0.15) is 38.2 Å². The molecule has 0 aliphatic carbocycles. The van der Waals surface area contributed by atoms with Crippen molar-refractivity contribution in [2.45, 2.75) is 57.2 Å². The Morgan fingerprint density at radius 2 is 1.90 bits per heavy atom. The highest BCUT2D eigenvalue weighted by atomic mass is 35.5. The molecule has 2 aliphatic heterocycles. The zero-order valence-corrected chi connectivity index (χ0v) is 14.1. The monoisotopic (exact) mass is 326 g/mol. The Kier molecular flexibility index (Phi) is 5.11. The number of halogens is 2. The summed E-state index contributed by atoms with van der Waals surface area (Å²) in [6.45, 7) is 4.41. The fourth-order valence-corrected chi connectivity index (χ4v) is 4.57. The van der Waals surface area contributed by atoms with E-state index in [9.17, 15) is 0 Å². The molecule has 2 atom stereocenters. The van der Waals surface area contributed by atoms with Crippen molar-refractivity contribution < 1.29 is 0 Å². The third kappa shape index (κ3) is 3.56. The molecule has 2 aliphatic rings. The molecule has 2 nitrogen and oxygen atoms in total. The van der Waals surface area contributed by atoms with Gasteiger partial charge in [-0.05, 0) is 56.3 Å². The number of nitrogens with zero attached hydrogens (tertiary/aromatic N) is 1. The number of fused-ring (bicyclic) bond motifs is 2. The number of piperidine rings is 1. The summed E-state index contributed by atoms with van der Waals surface area (Å²) < 4.78 is 0. The van der Waals surface area contributed by atoms with Crippen LogP contribution in [-0.4, -0.2) is 36.1 Å². The zero-order chi connectivity index (χ0) is 14.8. The van der Waals surface area contributed by atoms with Crippen LogP contribution < -0.4 is 5.32 Å². The SMILES string of the molecule is CCNC1CC2CCC(C1)N2CCc1ccc(Cl)cc1Cl. The van der Waals surface area contributed by atoms with Gasteiger partial charge in [-0.3, -0.25) is 4.90 Å². The maximum atomic E-state index is 6.29. The summed E-state index contributed by atoms with van der Waals surface area (Å²) in [6.07, 6.45) is 6.36. The van der Waals surface area contributed by atoms with Gasteiger partial charge in [-0.15, -0.1) is 0 Å². The summed E-state index contributed by atoms with van der Waals surface area (Å²) in [5.74, 6) is 0. The van der Waals surface area contributed by atoms with Crippen molar-refractivity contribution in [1.29, 1.82) is 0 Å². The molecule has 2 bridgehead atoms. The van der Waals surface area contributed by atoms with E-state index in [-0.39, 0.29) is 0 Å². The highest BCUT2D eigenvalue weighted by Crippen LogP contribution is 2.36. The van der Waals surface area contributed by atoms with Crippen LogP contribution in [-0.2, 0) is 6.42 Å². The van der Waals surface area contributed by atoms with Gasteiger partial charge in [-0.2, -0.15) is 0 Å². The lowest BCUT2D eigenvalue weighted by Gasteiger charge is -2.39. The van der Waals surface area contributed by atoms with Crippen LogP contribution in [0.2, 0.25) is 10.0 Å². The van der Waals surface area contributed by atoms with Crippen LogP contribution in [0.5, 0.6) is 0 Å². The van der Waals surface area contributed by atoms with Gasteiger partial charge in [0.25, 0.3) is 0 Å². The highest BCUT2D eigenvalue weighted by molar-refractivity contribution is 6.35. The second-order valence-electron chi connectivity index (χ2n) is 6.33. The van der Waals surface area contributed by atoms with Gasteiger partial charge in [0, 0.05) is 34.7 Å². The molecule has 3 rings (SSSR count). The van der Waals surface area contributed by atoms with Gasteiger partial charge in [-0.1, -0.05) is 36.2 Å².